The average Bonchev–Trinajstić information content (AvgIpc) is 2.05. The topological polar surface area (TPSA) is 37.3 Å². The maximum atomic E-state index is 10.7. The molecule has 3 heteroatoms. The van der Waals surface area contributed by atoms with Gasteiger partial charge in [0.15, 0.2) is 0 Å². The van der Waals surface area contributed by atoms with Crippen molar-refractivity contribution in [3.8, 4) is 0 Å². The van der Waals surface area contributed by atoms with Crippen LogP contribution >= 0.6 is 22.6 Å². The summed E-state index contributed by atoms with van der Waals surface area (Å²) in [6.07, 6.45) is 1.63. The maximum Gasteiger partial charge on any atom is 0.336 e. The molecule has 12 heavy (non-hydrogen) atoms. The van der Waals surface area contributed by atoms with Crippen molar-refractivity contribution in [1.29, 1.82) is 0 Å². The maximum absolute atomic E-state index is 10.7. The third-order valence-corrected chi connectivity index (χ3v) is 2.40. The van der Waals surface area contributed by atoms with E-state index in [0.29, 0.717) is 5.56 Å². The van der Waals surface area contributed by atoms with Gasteiger partial charge in [0, 0.05) is 3.57 Å². The van der Waals surface area contributed by atoms with Crippen LogP contribution in [0.4, 0.5) is 0 Å². The fourth-order valence-electron chi connectivity index (χ4n) is 0.834. The van der Waals surface area contributed by atoms with Crippen LogP contribution in [0.3, 0.4) is 0 Å². The van der Waals surface area contributed by atoms with Crippen molar-refractivity contribution < 1.29 is 9.90 Å². The van der Waals surface area contributed by atoms with Crippen molar-refractivity contribution in [2.24, 2.45) is 0 Å². The summed E-state index contributed by atoms with van der Waals surface area (Å²) in [7, 11) is 0. The molecular weight excluding hydrogens is 267 g/mol. The predicted molar refractivity (Wildman–Crippen MR) is 56.2 cm³/mol. The molecule has 0 unspecified atom stereocenters. The Kier molecular flexibility index (Phi) is 2.86. The Labute approximate surface area is 84.1 Å². The van der Waals surface area contributed by atoms with Crippen LogP contribution in [0, 0.1) is 3.57 Å². The Hall–Kier alpha value is -0.840. The van der Waals surface area contributed by atoms with E-state index in [4.69, 9.17) is 5.11 Å². The van der Waals surface area contributed by atoms with Gasteiger partial charge in [0.25, 0.3) is 0 Å². The highest BCUT2D eigenvalue weighted by Gasteiger charge is 2.06. The number of aromatic carboxylic acids is 1. The number of carboxylic acid groups (broad SMARTS) is 1. The zero-order chi connectivity index (χ0) is 9.14. The van der Waals surface area contributed by atoms with E-state index in [1.807, 2.05) is 28.7 Å². The second kappa shape index (κ2) is 3.71. The lowest BCUT2D eigenvalue weighted by atomic mass is 10.1. The van der Waals surface area contributed by atoms with Crippen LogP contribution in [0.1, 0.15) is 15.9 Å². The van der Waals surface area contributed by atoms with Crippen LogP contribution in [0.2, 0.25) is 0 Å². The predicted octanol–water partition coefficient (Wildman–Crippen LogP) is 2.63. The summed E-state index contributed by atoms with van der Waals surface area (Å²) < 4.78 is 0.741. The van der Waals surface area contributed by atoms with Gasteiger partial charge in [-0.25, -0.2) is 4.79 Å². The number of benzene rings is 1. The van der Waals surface area contributed by atoms with Crippen molar-refractivity contribution in [2.45, 2.75) is 0 Å². The molecule has 0 radical (unpaired) electrons. The van der Waals surface area contributed by atoms with Gasteiger partial charge in [-0.05, 0) is 40.3 Å². The van der Waals surface area contributed by atoms with E-state index >= 15 is 0 Å². The number of rotatable bonds is 2. The van der Waals surface area contributed by atoms with Gasteiger partial charge >= 0.3 is 5.97 Å². The van der Waals surface area contributed by atoms with E-state index in [0.717, 1.165) is 9.13 Å². The van der Waals surface area contributed by atoms with Gasteiger partial charge in [-0.15, -0.1) is 0 Å². The van der Waals surface area contributed by atoms with Crippen molar-refractivity contribution in [2.75, 3.05) is 0 Å². The Morgan fingerprint density at radius 1 is 1.58 bits per heavy atom. The molecule has 0 aliphatic heterocycles. The average molecular weight is 274 g/mol. The van der Waals surface area contributed by atoms with Crippen LogP contribution in [-0.4, -0.2) is 11.1 Å². The standard InChI is InChI=1S/C9H7IO2/c1-2-6-3-4-8(10)7(5-6)9(11)12/h2-5H,1H2,(H,11,12). The molecule has 0 atom stereocenters. The van der Waals surface area contributed by atoms with E-state index in [2.05, 4.69) is 6.58 Å². The van der Waals surface area contributed by atoms with Crippen LogP contribution in [0.5, 0.6) is 0 Å². The fourth-order valence-corrected chi connectivity index (χ4v) is 1.40. The summed E-state index contributed by atoms with van der Waals surface area (Å²) in [6.45, 7) is 3.57. The first kappa shape index (κ1) is 9.25. The van der Waals surface area contributed by atoms with Crippen molar-refractivity contribution in [1.82, 2.24) is 0 Å². The van der Waals surface area contributed by atoms with Crippen LogP contribution in [-0.2, 0) is 0 Å². The molecule has 0 fully saturated rings. The molecular formula is C9H7IO2. The number of hydrogen-bond acceptors (Lipinski definition) is 1. The number of carboxylic acids is 1. The third-order valence-electron chi connectivity index (χ3n) is 1.46. The summed E-state index contributed by atoms with van der Waals surface area (Å²) >= 11 is 1.99. The minimum absolute atomic E-state index is 0.327. The Balaban J connectivity index is 3.25. The molecule has 1 rings (SSSR count). The highest BCUT2D eigenvalue weighted by Crippen LogP contribution is 2.14. The number of hydrogen-bond donors (Lipinski definition) is 1. The molecule has 0 aliphatic rings. The second-order valence-corrected chi connectivity index (χ2v) is 3.41. The minimum atomic E-state index is -0.900. The fraction of sp³-hybridized carbons (Fsp3) is 0. The van der Waals surface area contributed by atoms with E-state index in [-0.39, 0.29) is 0 Å². The molecule has 62 valence electrons. The van der Waals surface area contributed by atoms with Gasteiger partial charge in [-0.2, -0.15) is 0 Å². The molecule has 2 nitrogen and oxygen atoms in total. The molecule has 0 saturated carbocycles. The van der Waals surface area contributed by atoms with Gasteiger partial charge in [0.1, 0.15) is 0 Å². The summed E-state index contributed by atoms with van der Waals surface area (Å²) in [5.41, 5.74) is 1.15. The van der Waals surface area contributed by atoms with Crippen molar-refractivity contribution in [3.63, 3.8) is 0 Å². The zero-order valence-corrected chi connectivity index (χ0v) is 8.41. The quantitative estimate of drug-likeness (QED) is 0.842. The molecule has 0 spiro atoms. The first-order chi connectivity index (χ1) is 5.65. The van der Waals surface area contributed by atoms with Gasteiger partial charge in [0.05, 0.1) is 5.56 Å². The summed E-state index contributed by atoms with van der Waals surface area (Å²) in [6, 6.07) is 5.21. The molecule has 1 aromatic rings. The Bertz CT molecular complexity index is 331. The normalized spacial score (nSPS) is 9.42. The van der Waals surface area contributed by atoms with E-state index in [1.54, 1.807) is 18.2 Å². The molecule has 1 aromatic carbocycles. The smallest absolute Gasteiger partial charge is 0.336 e. The molecule has 0 heterocycles. The summed E-state index contributed by atoms with van der Waals surface area (Å²) in [5.74, 6) is -0.900. The first-order valence-electron chi connectivity index (χ1n) is 3.30. The molecule has 0 bridgehead atoms. The van der Waals surface area contributed by atoms with Gasteiger partial charge in [-0.3, -0.25) is 0 Å². The molecule has 0 amide bonds. The van der Waals surface area contributed by atoms with Crippen molar-refractivity contribution in [3.05, 3.63) is 39.5 Å². The van der Waals surface area contributed by atoms with Gasteiger partial charge in [-0.1, -0.05) is 18.7 Å². The van der Waals surface area contributed by atoms with E-state index < -0.39 is 5.97 Å². The van der Waals surface area contributed by atoms with Crippen LogP contribution in [0.15, 0.2) is 24.8 Å². The van der Waals surface area contributed by atoms with Gasteiger partial charge < -0.3 is 5.11 Å². The molecule has 0 aromatic heterocycles. The van der Waals surface area contributed by atoms with Crippen molar-refractivity contribution >= 4 is 34.6 Å². The lowest BCUT2D eigenvalue weighted by molar-refractivity contribution is 0.0695. The zero-order valence-electron chi connectivity index (χ0n) is 6.25. The van der Waals surface area contributed by atoms with E-state index in [1.165, 1.54) is 0 Å². The minimum Gasteiger partial charge on any atom is -0.478 e. The monoisotopic (exact) mass is 274 g/mol. The SMILES string of the molecule is C=Cc1ccc(I)c(C(=O)O)c1. The molecule has 0 saturated heterocycles. The van der Waals surface area contributed by atoms with Gasteiger partial charge in [0.2, 0.25) is 0 Å². The first-order valence-corrected chi connectivity index (χ1v) is 4.38. The van der Waals surface area contributed by atoms with Crippen LogP contribution < -0.4 is 0 Å². The highest BCUT2D eigenvalue weighted by atomic mass is 127. The van der Waals surface area contributed by atoms with E-state index in [9.17, 15) is 4.79 Å². The second-order valence-electron chi connectivity index (χ2n) is 2.25. The largest absolute Gasteiger partial charge is 0.478 e. The summed E-state index contributed by atoms with van der Waals surface area (Å²) in [4.78, 5) is 10.7. The lowest BCUT2D eigenvalue weighted by Gasteiger charge is -1.99. The molecule has 1 N–H and O–H groups in total. The lowest BCUT2D eigenvalue weighted by Crippen LogP contribution is -1.99. The number of carbonyl (C=O) groups is 1. The highest BCUT2D eigenvalue weighted by molar-refractivity contribution is 14.1. The Morgan fingerprint density at radius 2 is 2.25 bits per heavy atom. The van der Waals surface area contributed by atoms with Crippen LogP contribution in [0.25, 0.3) is 6.08 Å². The third kappa shape index (κ3) is 1.85. The number of halogens is 1. The molecule has 0 aliphatic carbocycles. The summed E-state index contributed by atoms with van der Waals surface area (Å²) in [5, 5.41) is 8.75. The Morgan fingerprint density at radius 3 is 2.75 bits per heavy atom.